The van der Waals surface area contributed by atoms with E-state index in [1.165, 1.54) is 45.4 Å². The summed E-state index contributed by atoms with van der Waals surface area (Å²) in [6.07, 6.45) is 11.4. The Hall–Kier alpha value is -1.91. The highest BCUT2D eigenvalue weighted by Crippen LogP contribution is 2.41. The molecule has 0 aliphatic heterocycles. The maximum Gasteiger partial charge on any atom is 0.302 e. The predicted molar refractivity (Wildman–Crippen MR) is 108 cm³/mol. The van der Waals surface area contributed by atoms with Gasteiger partial charge in [-0.25, -0.2) is 0 Å². The van der Waals surface area contributed by atoms with Gasteiger partial charge in [-0.15, -0.1) is 0 Å². The summed E-state index contributed by atoms with van der Waals surface area (Å²) in [7, 11) is 3.13. The summed E-state index contributed by atoms with van der Waals surface area (Å²) in [5.41, 5.74) is 2.00. The number of phenols is 1. The molecule has 0 bridgehead atoms. The Morgan fingerprint density at radius 1 is 0.926 bits per heavy atom. The van der Waals surface area contributed by atoms with Gasteiger partial charge in [0.2, 0.25) is 5.75 Å². The van der Waals surface area contributed by atoms with Crippen LogP contribution in [-0.4, -0.2) is 31.9 Å². The second-order valence-electron chi connectivity index (χ2n) is 7.03. The van der Waals surface area contributed by atoms with Crippen molar-refractivity contribution in [3.05, 3.63) is 17.2 Å². The van der Waals surface area contributed by atoms with E-state index in [1.54, 1.807) is 14.2 Å². The van der Waals surface area contributed by atoms with Crippen LogP contribution >= 0.6 is 0 Å². The third-order valence-corrected chi connectivity index (χ3v) is 4.85. The molecule has 0 atom stereocenters. The van der Waals surface area contributed by atoms with Gasteiger partial charge in [-0.1, -0.05) is 44.9 Å². The number of rotatable bonds is 14. The topological polar surface area (TPSA) is 65.0 Å². The van der Waals surface area contributed by atoms with Crippen molar-refractivity contribution in [3.63, 3.8) is 0 Å². The third-order valence-electron chi connectivity index (χ3n) is 4.85. The lowest BCUT2D eigenvalue weighted by atomic mass is 9.99. The number of unbranched alkanes of at least 4 members (excludes halogenated alkanes) is 8. The summed E-state index contributed by atoms with van der Waals surface area (Å²) in [4.78, 5) is 10.6. The van der Waals surface area contributed by atoms with Crippen LogP contribution in [-0.2, 0) is 16.0 Å². The first-order chi connectivity index (χ1) is 13.0. The van der Waals surface area contributed by atoms with Gasteiger partial charge in [0.1, 0.15) is 0 Å². The molecule has 0 saturated carbocycles. The number of ether oxygens (including phenoxy) is 3. The van der Waals surface area contributed by atoms with Crippen LogP contribution in [0.5, 0.6) is 17.2 Å². The molecule has 0 aliphatic rings. The Labute approximate surface area is 164 Å². The first-order valence-corrected chi connectivity index (χ1v) is 10.1. The summed E-state index contributed by atoms with van der Waals surface area (Å²) in [6.45, 7) is 4.00. The van der Waals surface area contributed by atoms with Crippen molar-refractivity contribution in [2.24, 2.45) is 0 Å². The molecule has 1 N–H and O–H groups in total. The van der Waals surface area contributed by atoms with Gasteiger partial charge >= 0.3 is 5.97 Å². The Morgan fingerprint density at radius 2 is 1.48 bits per heavy atom. The lowest BCUT2D eigenvalue weighted by molar-refractivity contribution is -0.141. The predicted octanol–water partition coefficient (Wildman–Crippen LogP) is 5.33. The van der Waals surface area contributed by atoms with Crippen molar-refractivity contribution < 1.29 is 24.1 Å². The number of esters is 1. The number of hydrogen-bond donors (Lipinski definition) is 1. The number of hydrogen-bond acceptors (Lipinski definition) is 5. The van der Waals surface area contributed by atoms with E-state index >= 15 is 0 Å². The van der Waals surface area contributed by atoms with Crippen LogP contribution in [0.1, 0.15) is 75.8 Å². The summed E-state index contributed by atoms with van der Waals surface area (Å²) in [5.74, 6) is 1.02. The summed E-state index contributed by atoms with van der Waals surface area (Å²) >= 11 is 0. The molecule has 154 valence electrons. The van der Waals surface area contributed by atoms with Crippen LogP contribution in [0.25, 0.3) is 0 Å². The molecule has 5 heteroatoms. The van der Waals surface area contributed by atoms with E-state index in [4.69, 9.17) is 14.2 Å². The standard InChI is InChI=1S/C22H36O5/c1-17-16-20(25-3)22(26-4)21(24)19(17)14-12-10-8-6-5-7-9-11-13-15-27-18(2)23/h16,24H,5-15H2,1-4H3. The summed E-state index contributed by atoms with van der Waals surface area (Å²) < 4.78 is 15.5. The van der Waals surface area contributed by atoms with Gasteiger partial charge in [0.25, 0.3) is 0 Å². The fraction of sp³-hybridized carbons (Fsp3) is 0.682. The minimum Gasteiger partial charge on any atom is -0.504 e. The number of phenolic OH excluding ortho intramolecular Hbond substituents is 1. The zero-order valence-corrected chi connectivity index (χ0v) is 17.4. The molecule has 0 fully saturated rings. The van der Waals surface area contributed by atoms with Crippen LogP contribution in [0.4, 0.5) is 0 Å². The summed E-state index contributed by atoms with van der Waals surface area (Å²) in [6, 6.07) is 1.93. The fourth-order valence-corrected chi connectivity index (χ4v) is 3.31. The van der Waals surface area contributed by atoms with Crippen LogP contribution in [0.15, 0.2) is 6.07 Å². The molecule has 1 rings (SSSR count). The van der Waals surface area contributed by atoms with Crippen molar-refractivity contribution in [2.75, 3.05) is 20.8 Å². The maximum atomic E-state index is 10.6. The van der Waals surface area contributed by atoms with Crippen molar-refractivity contribution in [1.82, 2.24) is 0 Å². The molecule has 0 amide bonds. The van der Waals surface area contributed by atoms with E-state index in [0.717, 1.165) is 36.8 Å². The number of methoxy groups -OCH3 is 2. The highest BCUT2D eigenvalue weighted by molar-refractivity contribution is 5.65. The normalized spacial score (nSPS) is 10.7. The van der Waals surface area contributed by atoms with Gasteiger partial charge in [0.15, 0.2) is 11.5 Å². The first-order valence-electron chi connectivity index (χ1n) is 10.1. The Morgan fingerprint density at radius 3 is 2.00 bits per heavy atom. The van der Waals surface area contributed by atoms with Gasteiger partial charge in [0.05, 0.1) is 20.8 Å². The number of aromatic hydroxyl groups is 1. The average molecular weight is 381 g/mol. The smallest absolute Gasteiger partial charge is 0.302 e. The third kappa shape index (κ3) is 8.55. The van der Waals surface area contributed by atoms with E-state index in [2.05, 4.69) is 0 Å². The monoisotopic (exact) mass is 380 g/mol. The Kier molecular flexibility index (Phi) is 11.4. The highest BCUT2D eigenvalue weighted by Gasteiger charge is 2.16. The van der Waals surface area contributed by atoms with E-state index in [0.29, 0.717) is 18.1 Å². The largest absolute Gasteiger partial charge is 0.504 e. The van der Waals surface area contributed by atoms with Gasteiger partial charge in [-0.3, -0.25) is 4.79 Å². The molecular weight excluding hydrogens is 344 g/mol. The number of carbonyl (C=O) groups is 1. The molecule has 0 unspecified atom stereocenters. The van der Waals surface area contributed by atoms with Gasteiger partial charge in [0, 0.05) is 12.5 Å². The quantitative estimate of drug-likeness (QED) is 0.349. The van der Waals surface area contributed by atoms with Gasteiger partial charge in [-0.2, -0.15) is 0 Å². The Balaban J connectivity index is 2.16. The van der Waals surface area contributed by atoms with E-state index in [9.17, 15) is 9.90 Å². The molecule has 27 heavy (non-hydrogen) atoms. The molecule has 0 spiro atoms. The van der Waals surface area contributed by atoms with E-state index in [1.807, 2.05) is 13.0 Å². The molecule has 0 heterocycles. The minimum absolute atomic E-state index is 0.188. The number of carbonyl (C=O) groups excluding carboxylic acids is 1. The van der Waals surface area contributed by atoms with Crippen molar-refractivity contribution >= 4 is 5.97 Å². The van der Waals surface area contributed by atoms with E-state index < -0.39 is 0 Å². The second kappa shape index (κ2) is 13.3. The SMILES string of the molecule is COc1cc(C)c(CCCCCCCCCCCOC(C)=O)c(O)c1OC. The molecule has 5 nitrogen and oxygen atoms in total. The lowest BCUT2D eigenvalue weighted by Crippen LogP contribution is -2.00. The molecule has 0 aromatic heterocycles. The Bertz CT molecular complexity index is 568. The average Bonchev–Trinajstić information content (AvgIpc) is 2.64. The molecule has 0 saturated heterocycles. The van der Waals surface area contributed by atoms with Crippen molar-refractivity contribution in [1.29, 1.82) is 0 Å². The van der Waals surface area contributed by atoms with E-state index in [-0.39, 0.29) is 11.7 Å². The molecule has 0 radical (unpaired) electrons. The lowest BCUT2D eigenvalue weighted by Gasteiger charge is -2.15. The van der Waals surface area contributed by atoms with Crippen molar-refractivity contribution in [2.45, 2.75) is 78.1 Å². The zero-order chi connectivity index (χ0) is 20.1. The fourth-order valence-electron chi connectivity index (χ4n) is 3.31. The molecule has 0 aliphatic carbocycles. The molecule has 1 aromatic carbocycles. The first kappa shape index (κ1) is 23.1. The highest BCUT2D eigenvalue weighted by atomic mass is 16.5. The number of aryl methyl sites for hydroxylation is 1. The van der Waals surface area contributed by atoms with Crippen LogP contribution < -0.4 is 9.47 Å². The number of benzene rings is 1. The molecular formula is C22H36O5. The van der Waals surface area contributed by atoms with Crippen molar-refractivity contribution in [3.8, 4) is 17.2 Å². The van der Waals surface area contributed by atoms with Gasteiger partial charge < -0.3 is 19.3 Å². The molecule has 1 aromatic rings. The summed E-state index contributed by atoms with van der Waals surface area (Å²) in [5, 5.41) is 10.4. The van der Waals surface area contributed by atoms with Crippen LogP contribution in [0.2, 0.25) is 0 Å². The van der Waals surface area contributed by atoms with Crippen LogP contribution in [0.3, 0.4) is 0 Å². The minimum atomic E-state index is -0.188. The van der Waals surface area contributed by atoms with Gasteiger partial charge in [-0.05, 0) is 37.8 Å². The second-order valence-corrected chi connectivity index (χ2v) is 7.03. The maximum absolute atomic E-state index is 10.6. The zero-order valence-electron chi connectivity index (χ0n) is 17.4. The van der Waals surface area contributed by atoms with Crippen LogP contribution in [0, 0.1) is 6.92 Å².